The molecule has 0 saturated heterocycles. The number of aryl methyl sites for hydroxylation is 1. The van der Waals surface area contributed by atoms with Gasteiger partial charge in [-0.05, 0) is 43.7 Å². The summed E-state index contributed by atoms with van der Waals surface area (Å²) < 4.78 is 5.48. The van der Waals surface area contributed by atoms with Crippen LogP contribution in [0.4, 0.5) is 11.5 Å². The Morgan fingerprint density at radius 1 is 1.04 bits per heavy atom. The van der Waals surface area contributed by atoms with Gasteiger partial charge in [0.05, 0.1) is 11.9 Å². The normalized spacial score (nSPS) is 11.5. The van der Waals surface area contributed by atoms with Gasteiger partial charge in [-0.25, -0.2) is 4.98 Å². The van der Waals surface area contributed by atoms with E-state index in [-0.39, 0.29) is 18.6 Å². The average molecular weight is 361 g/mol. The second kappa shape index (κ2) is 8.85. The molecule has 138 valence electrons. The lowest BCUT2D eigenvalue weighted by molar-refractivity contribution is -0.118. The maximum atomic E-state index is 12.0. The van der Waals surface area contributed by atoms with E-state index in [2.05, 4.69) is 34.7 Å². The minimum absolute atomic E-state index is 0.0475. The van der Waals surface area contributed by atoms with Crippen molar-refractivity contribution < 1.29 is 9.53 Å². The molecular weight excluding hydrogens is 338 g/mol. The Morgan fingerprint density at radius 2 is 1.78 bits per heavy atom. The second-order valence-corrected chi connectivity index (χ2v) is 6.36. The van der Waals surface area contributed by atoms with Gasteiger partial charge >= 0.3 is 0 Å². The number of aromatic nitrogens is 1. The van der Waals surface area contributed by atoms with Gasteiger partial charge in [0.1, 0.15) is 11.6 Å². The zero-order chi connectivity index (χ0) is 19.1. The van der Waals surface area contributed by atoms with Crippen LogP contribution in [0.2, 0.25) is 0 Å². The van der Waals surface area contributed by atoms with Crippen molar-refractivity contribution in [1.29, 1.82) is 0 Å². The highest BCUT2D eigenvalue weighted by molar-refractivity contribution is 5.91. The molecule has 1 amide bonds. The largest absolute Gasteiger partial charge is 0.484 e. The Kier molecular flexibility index (Phi) is 6.05. The van der Waals surface area contributed by atoms with Crippen LogP contribution in [0.3, 0.4) is 0 Å². The first-order valence-corrected chi connectivity index (χ1v) is 8.87. The molecule has 0 spiro atoms. The highest BCUT2D eigenvalue weighted by Gasteiger charge is 2.07. The van der Waals surface area contributed by atoms with Gasteiger partial charge < -0.3 is 15.4 Å². The lowest BCUT2D eigenvalue weighted by Gasteiger charge is -2.15. The Morgan fingerprint density at radius 3 is 2.44 bits per heavy atom. The molecule has 5 heteroatoms. The van der Waals surface area contributed by atoms with Crippen molar-refractivity contribution in [3.05, 3.63) is 84.1 Å². The molecule has 27 heavy (non-hydrogen) atoms. The van der Waals surface area contributed by atoms with E-state index in [0.29, 0.717) is 11.4 Å². The van der Waals surface area contributed by atoms with Crippen LogP contribution >= 0.6 is 0 Å². The van der Waals surface area contributed by atoms with Crippen LogP contribution in [0, 0.1) is 6.92 Å². The summed E-state index contributed by atoms with van der Waals surface area (Å²) in [6, 6.07) is 21.5. The highest BCUT2D eigenvalue weighted by Crippen LogP contribution is 2.18. The highest BCUT2D eigenvalue weighted by atomic mass is 16.5. The summed E-state index contributed by atoms with van der Waals surface area (Å²) in [4.78, 5) is 16.4. The molecular formula is C22H23N3O2. The van der Waals surface area contributed by atoms with E-state index in [9.17, 15) is 4.79 Å². The van der Waals surface area contributed by atoms with Crippen LogP contribution in [0.1, 0.15) is 24.1 Å². The zero-order valence-corrected chi connectivity index (χ0v) is 15.5. The molecule has 2 aromatic carbocycles. The molecule has 1 unspecified atom stereocenters. The molecule has 0 aliphatic heterocycles. The molecule has 5 nitrogen and oxygen atoms in total. The first-order valence-electron chi connectivity index (χ1n) is 8.87. The summed E-state index contributed by atoms with van der Waals surface area (Å²) in [6.07, 6.45) is 1.63. The molecule has 0 saturated carbocycles. The standard InChI is InChI=1S/C22H23N3O2/c1-16-8-11-20(12-9-16)27-15-22(26)25-19-10-13-21(23-14-19)24-17(2)18-6-4-3-5-7-18/h3-14,17H,15H2,1-2H3,(H,23,24)(H,25,26). The number of amides is 1. The smallest absolute Gasteiger partial charge is 0.262 e. The third kappa shape index (κ3) is 5.57. The molecule has 3 aromatic rings. The number of benzene rings is 2. The number of nitrogens with one attached hydrogen (secondary N) is 2. The Balaban J connectivity index is 1.49. The fourth-order valence-electron chi connectivity index (χ4n) is 2.58. The zero-order valence-electron chi connectivity index (χ0n) is 15.5. The maximum absolute atomic E-state index is 12.0. The van der Waals surface area contributed by atoms with Gasteiger partial charge in [0.25, 0.3) is 5.91 Å². The van der Waals surface area contributed by atoms with Crippen molar-refractivity contribution in [2.75, 3.05) is 17.2 Å². The minimum atomic E-state index is -0.226. The second-order valence-electron chi connectivity index (χ2n) is 6.36. The number of anilines is 2. The van der Waals surface area contributed by atoms with Crippen molar-refractivity contribution in [2.24, 2.45) is 0 Å². The van der Waals surface area contributed by atoms with Crippen LogP contribution in [-0.2, 0) is 4.79 Å². The van der Waals surface area contributed by atoms with Crippen molar-refractivity contribution in [3.63, 3.8) is 0 Å². The summed E-state index contributed by atoms with van der Waals surface area (Å²) in [6.45, 7) is 4.03. The van der Waals surface area contributed by atoms with E-state index in [0.717, 1.165) is 11.4 Å². The van der Waals surface area contributed by atoms with Gasteiger partial charge in [-0.3, -0.25) is 4.79 Å². The molecule has 1 aromatic heterocycles. The number of pyridine rings is 1. The third-order valence-electron chi connectivity index (χ3n) is 4.10. The van der Waals surface area contributed by atoms with Crippen molar-refractivity contribution in [2.45, 2.75) is 19.9 Å². The van der Waals surface area contributed by atoms with Gasteiger partial charge in [-0.1, -0.05) is 48.0 Å². The molecule has 2 N–H and O–H groups in total. The van der Waals surface area contributed by atoms with E-state index >= 15 is 0 Å². The summed E-state index contributed by atoms with van der Waals surface area (Å²) in [5.74, 6) is 1.19. The first-order chi connectivity index (χ1) is 13.1. The summed E-state index contributed by atoms with van der Waals surface area (Å²) in [5, 5.41) is 6.12. The van der Waals surface area contributed by atoms with Gasteiger partial charge in [0.2, 0.25) is 0 Å². The fraction of sp³-hybridized carbons (Fsp3) is 0.182. The quantitative estimate of drug-likeness (QED) is 0.646. The van der Waals surface area contributed by atoms with Crippen LogP contribution in [0.15, 0.2) is 72.9 Å². The molecule has 0 aliphatic rings. The molecule has 0 fully saturated rings. The summed E-state index contributed by atoms with van der Waals surface area (Å²) >= 11 is 0. The monoisotopic (exact) mass is 361 g/mol. The molecule has 1 heterocycles. The van der Waals surface area contributed by atoms with E-state index < -0.39 is 0 Å². The maximum Gasteiger partial charge on any atom is 0.262 e. The number of carbonyl (C=O) groups is 1. The van der Waals surface area contributed by atoms with Crippen molar-refractivity contribution in [1.82, 2.24) is 4.98 Å². The first kappa shape index (κ1) is 18.5. The van der Waals surface area contributed by atoms with Crippen LogP contribution in [0.5, 0.6) is 5.75 Å². The molecule has 0 radical (unpaired) electrons. The minimum Gasteiger partial charge on any atom is -0.484 e. The summed E-state index contributed by atoms with van der Waals surface area (Å²) in [7, 11) is 0. The predicted molar refractivity (Wildman–Crippen MR) is 108 cm³/mol. The van der Waals surface area contributed by atoms with Gasteiger partial charge in [0, 0.05) is 6.04 Å². The molecule has 3 rings (SSSR count). The van der Waals surface area contributed by atoms with Crippen LogP contribution in [0.25, 0.3) is 0 Å². The van der Waals surface area contributed by atoms with E-state index in [1.807, 2.05) is 61.5 Å². The molecule has 0 bridgehead atoms. The molecule has 1 atom stereocenters. The van der Waals surface area contributed by atoms with Crippen molar-refractivity contribution >= 4 is 17.4 Å². The lowest BCUT2D eigenvalue weighted by Crippen LogP contribution is -2.20. The number of ether oxygens (including phenoxy) is 1. The number of hydrogen-bond acceptors (Lipinski definition) is 4. The van der Waals surface area contributed by atoms with Gasteiger partial charge in [-0.2, -0.15) is 0 Å². The van der Waals surface area contributed by atoms with Gasteiger partial charge in [0.15, 0.2) is 6.61 Å². The Labute approximate surface area is 159 Å². The fourth-order valence-corrected chi connectivity index (χ4v) is 2.58. The van der Waals surface area contributed by atoms with Crippen molar-refractivity contribution in [3.8, 4) is 5.75 Å². The van der Waals surface area contributed by atoms with E-state index in [4.69, 9.17) is 4.74 Å². The SMILES string of the molecule is Cc1ccc(OCC(=O)Nc2ccc(NC(C)c3ccccc3)nc2)cc1. The average Bonchev–Trinajstić information content (AvgIpc) is 2.70. The van der Waals surface area contributed by atoms with E-state index in [1.54, 1.807) is 6.20 Å². The molecule has 0 aliphatic carbocycles. The van der Waals surface area contributed by atoms with Crippen LogP contribution in [-0.4, -0.2) is 17.5 Å². The van der Waals surface area contributed by atoms with Gasteiger partial charge in [-0.15, -0.1) is 0 Å². The predicted octanol–water partition coefficient (Wildman–Crippen LogP) is 4.58. The van der Waals surface area contributed by atoms with E-state index in [1.165, 1.54) is 5.56 Å². The number of carbonyl (C=O) groups excluding carboxylic acids is 1. The third-order valence-corrected chi connectivity index (χ3v) is 4.10. The lowest BCUT2D eigenvalue weighted by atomic mass is 10.1. The number of nitrogens with zero attached hydrogens (tertiary/aromatic N) is 1. The Bertz CT molecular complexity index is 862. The van der Waals surface area contributed by atoms with Crippen LogP contribution < -0.4 is 15.4 Å². The Hall–Kier alpha value is -3.34. The topological polar surface area (TPSA) is 63.2 Å². The number of rotatable bonds is 7. The number of hydrogen-bond donors (Lipinski definition) is 2. The summed E-state index contributed by atoms with van der Waals surface area (Å²) in [5.41, 5.74) is 2.96.